The lowest BCUT2D eigenvalue weighted by Crippen LogP contribution is -2.22. The summed E-state index contributed by atoms with van der Waals surface area (Å²) in [6.07, 6.45) is 3.57. The summed E-state index contributed by atoms with van der Waals surface area (Å²) in [5, 5.41) is 9.40. The lowest BCUT2D eigenvalue weighted by molar-refractivity contribution is 0.423. The molecule has 1 aromatic rings. The lowest BCUT2D eigenvalue weighted by atomic mass is 10.0. The second-order valence-electron chi connectivity index (χ2n) is 4.11. The molecule has 1 saturated carbocycles. The van der Waals surface area contributed by atoms with Crippen LogP contribution in [0.4, 0.5) is 4.39 Å². The average Bonchev–Trinajstić information content (AvgIpc) is 2.88. The van der Waals surface area contributed by atoms with Gasteiger partial charge in [0, 0.05) is 5.54 Å². The monoisotopic (exact) mass is 195 g/mol. The minimum Gasteiger partial charge on any atom is -0.505 e. The van der Waals surface area contributed by atoms with Gasteiger partial charge in [0.05, 0.1) is 0 Å². The molecule has 1 aliphatic rings. The van der Waals surface area contributed by atoms with Gasteiger partial charge in [-0.1, -0.05) is 12.1 Å². The summed E-state index contributed by atoms with van der Waals surface area (Å²) < 4.78 is 12.9. The Balaban J connectivity index is 2.05. The number of halogens is 1. The van der Waals surface area contributed by atoms with Crippen LogP contribution in [-0.4, -0.2) is 10.6 Å². The molecule has 1 aliphatic carbocycles. The van der Waals surface area contributed by atoms with Gasteiger partial charge in [-0.05, 0) is 37.3 Å². The van der Waals surface area contributed by atoms with Crippen molar-refractivity contribution in [2.75, 3.05) is 0 Å². The minimum absolute atomic E-state index is 0.0429. The second-order valence-corrected chi connectivity index (χ2v) is 4.11. The van der Waals surface area contributed by atoms with Gasteiger partial charge in [-0.15, -0.1) is 0 Å². The van der Waals surface area contributed by atoms with Crippen LogP contribution in [-0.2, 0) is 6.42 Å². The number of para-hydroxylation sites is 1. The number of phenols is 1. The van der Waals surface area contributed by atoms with Gasteiger partial charge in [0.2, 0.25) is 0 Å². The Morgan fingerprint density at radius 2 is 2.14 bits per heavy atom. The van der Waals surface area contributed by atoms with Crippen LogP contribution in [0.25, 0.3) is 0 Å². The van der Waals surface area contributed by atoms with Gasteiger partial charge in [0.15, 0.2) is 11.6 Å². The summed E-state index contributed by atoms with van der Waals surface area (Å²) in [6, 6.07) is 4.61. The van der Waals surface area contributed by atoms with E-state index in [0.29, 0.717) is 12.0 Å². The number of hydrogen-bond donors (Lipinski definition) is 2. The number of aromatic hydroxyl groups is 1. The van der Waals surface area contributed by atoms with E-state index < -0.39 is 5.82 Å². The van der Waals surface area contributed by atoms with Gasteiger partial charge < -0.3 is 10.8 Å². The summed E-state index contributed by atoms with van der Waals surface area (Å²) in [6.45, 7) is 0. The molecule has 0 aromatic heterocycles. The highest BCUT2D eigenvalue weighted by Gasteiger charge is 2.37. The fourth-order valence-corrected chi connectivity index (χ4v) is 1.56. The summed E-state index contributed by atoms with van der Waals surface area (Å²) in [4.78, 5) is 0. The van der Waals surface area contributed by atoms with Gasteiger partial charge in [-0.3, -0.25) is 0 Å². The van der Waals surface area contributed by atoms with Crippen molar-refractivity contribution in [1.29, 1.82) is 0 Å². The van der Waals surface area contributed by atoms with E-state index in [-0.39, 0.29) is 11.3 Å². The predicted molar refractivity (Wildman–Crippen MR) is 52.5 cm³/mol. The zero-order chi connectivity index (χ0) is 10.2. The van der Waals surface area contributed by atoms with Crippen LogP contribution in [0.2, 0.25) is 0 Å². The first kappa shape index (κ1) is 9.46. The number of aryl methyl sites for hydroxylation is 1. The summed E-state index contributed by atoms with van der Waals surface area (Å²) in [5.74, 6) is -0.777. The fraction of sp³-hybridized carbons (Fsp3) is 0.455. The molecule has 2 rings (SSSR count). The minimum atomic E-state index is -0.552. The molecule has 2 nitrogen and oxygen atoms in total. The van der Waals surface area contributed by atoms with E-state index in [2.05, 4.69) is 0 Å². The third-order valence-electron chi connectivity index (χ3n) is 2.85. The topological polar surface area (TPSA) is 46.2 Å². The third kappa shape index (κ3) is 1.87. The summed E-state index contributed by atoms with van der Waals surface area (Å²) in [5.41, 5.74) is 6.52. The van der Waals surface area contributed by atoms with Crippen molar-refractivity contribution in [3.63, 3.8) is 0 Å². The molecule has 1 fully saturated rings. The molecule has 0 amide bonds. The van der Waals surface area contributed by atoms with Crippen LogP contribution in [0.3, 0.4) is 0 Å². The molecule has 76 valence electrons. The Morgan fingerprint density at radius 1 is 1.43 bits per heavy atom. The van der Waals surface area contributed by atoms with Gasteiger partial charge in [0.25, 0.3) is 0 Å². The summed E-state index contributed by atoms with van der Waals surface area (Å²) in [7, 11) is 0. The zero-order valence-electron chi connectivity index (χ0n) is 7.96. The van der Waals surface area contributed by atoms with E-state index in [1.165, 1.54) is 6.07 Å². The van der Waals surface area contributed by atoms with Crippen molar-refractivity contribution in [2.24, 2.45) is 5.73 Å². The largest absolute Gasteiger partial charge is 0.505 e. The van der Waals surface area contributed by atoms with Crippen molar-refractivity contribution >= 4 is 0 Å². The van der Waals surface area contributed by atoms with E-state index in [1.54, 1.807) is 12.1 Å². The molecule has 0 atom stereocenters. The molecule has 3 heteroatoms. The highest BCUT2D eigenvalue weighted by molar-refractivity contribution is 5.33. The van der Waals surface area contributed by atoms with Crippen LogP contribution in [0.5, 0.6) is 5.75 Å². The molecule has 0 spiro atoms. The first-order valence-corrected chi connectivity index (χ1v) is 4.86. The van der Waals surface area contributed by atoms with E-state index in [9.17, 15) is 9.50 Å². The average molecular weight is 195 g/mol. The van der Waals surface area contributed by atoms with Gasteiger partial charge >= 0.3 is 0 Å². The molecule has 1 aromatic carbocycles. The molecular formula is C11H14FNO. The van der Waals surface area contributed by atoms with E-state index >= 15 is 0 Å². The van der Waals surface area contributed by atoms with Crippen LogP contribution in [0, 0.1) is 5.82 Å². The quantitative estimate of drug-likeness (QED) is 0.774. The Morgan fingerprint density at radius 3 is 2.79 bits per heavy atom. The van der Waals surface area contributed by atoms with Crippen LogP contribution < -0.4 is 5.73 Å². The first-order chi connectivity index (χ1) is 6.61. The van der Waals surface area contributed by atoms with Gasteiger partial charge in [-0.2, -0.15) is 0 Å². The predicted octanol–water partition coefficient (Wildman–Crippen LogP) is 1.96. The standard InChI is InChI=1S/C11H14FNO/c12-9-3-1-2-8(10(9)14)4-5-11(13)6-7-11/h1-3,14H,4-7,13H2. The van der Waals surface area contributed by atoms with Crippen molar-refractivity contribution in [3.8, 4) is 5.75 Å². The normalized spacial score (nSPS) is 18.1. The van der Waals surface area contributed by atoms with Gasteiger partial charge in [0.1, 0.15) is 0 Å². The van der Waals surface area contributed by atoms with Crippen LogP contribution in [0.1, 0.15) is 24.8 Å². The molecule has 0 bridgehead atoms. The Hall–Kier alpha value is -1.09. The molecule has 0 heterocycles. The van der Waals surface area contributed by atoms with E-state index in [1.807, 2.05) is 0 Å². The first-order valence-electron chi connectivity index (χ1n) is 4.86. The highest BCUT2D eigenvalue weighted by Crippen LogP contribution is 2.37. The highest BCUT2D eigenvalue weighted by atomic mass is 19.1. The maximum atomic E-state index is 12.9. The molecule has 0 unspecified atom stereocenters. The number of rotatable bonds is 3. The summed E-state index contributed by atoms with van der Waals surface area (Å²) >= 11 is 0. The number of hydrogen-bond acceptors (Lipinski definition) is 2. The fourth-order valence-electron chi connectivity index (χ4n) is 1.56. The Labute approximate surface area is 82.5 Å². The molecule has 0 aliphatic heterocycles. The molecule has 0 saturated heterocycles. The maximum absolute atomic E-state index is 12.9. The molecular weight excluding hydrogens is 181 g/mol. The van der Waals surface area contributed by atoms with Crippen LogP contribution in [0.15, 0.2) is 18.2 Å². The Kier molecular flexibility index (Phi) is 2.19. The van der Waals surface area contributed by atoms with E-state index in [4.69, 9.17) is 5.73 Å². The lowest BCUT2D eigenvalue weighted by Gasteiger charge is -2.09. The third-order valence-corrected chi connectivity index (χ3v) is 2.85. The SMILES string of the molecule is NC1(CCc2cccc(F)c2O)CC1. The zero-order valence-corrected chi connectivity index (χ0v) is 7.96. The van der Waals surface area contributed by atoms with Crippen LogP contribution >= 0.6 is 0 Å². The number of benzene rings is 1. The second kappa shape index (κ2) is 3.24. The number of nitrogens with two attached hydrogens (primary N) is 1. The molecule has 14 heavy (non-hydrogen) atoms. The van der Waals surface area contributed by atoms with Crippen molar-refractivity contribution in [3.05, 3.63) is 29.6 Å². The Bertz CT molecular complexity index is 347. The van der Waals surface area contributed by atoms with Crippen molar-refractivity contribution < 1.29 is 9.50 Å². The number of phenolic OH excluding ortho intramolecular Hbond substituents is 1. The van der Waals surface area contributed by atoms with Gasteiger partial charge in [-0.25, -0.2) is 4.39 Å². The maximum Gasteiger partial charge on any atom is 0.165 e. The van der Waals surface area contributed by atoms with Crippen molar-refractivity contribution in [2.45, 2.75) is 31.2 Å². The van der Waals surface area contributed by atoms with Crippen molar-refractivity contribution in [1.82, 2.24) is 0 Å². The molecule has 3 N–H and O–H groups in total. The smallest absolute Gasteiger partial charge is 0.165 e. The molecule has 0 radical (unpaired) electrons. The van der Waals surface area contributed by atoms with E-state index in [0.717, 1.165) is 19.3 Å².